The van der Waals surface area contributed by atoms with E-state index in [9.17, 15) is 9.90 Å². The normalized spacial score (nSPS) is 26.9. The molecule has 2 rings (SSSR count). The van der Waals surface area contributed by atoms with Gasteiger partial charge in [-0.3, -0.25) is 4.79 Å². The molecular weight excluding hydrogens is 242 g/mol. The van der Waals surface area contributed by atoms with Crippen molar-refractivity contribution >= 4 is 5.97 Å². The maximum Gasteiger partial charge on any atom is 0.324 e. The summed E-state index contributed by atoms with van der Waals surface area (Å²) in [5, 5.41) is 12.4. The maximum atomic E-state index is 11.4. The minimum Gasteiger partial charge on any atom is -0.490 e. The molecule has 0 aromatic heterocycles. The van der Waals surface area contributed by atoms with Crippen LogP contribution in [0.5, 0.6) is 5.75 Å². The van der Waals surface area contributed by atoms with Crippen LogP contribution in [0.2, 0.25) is 0 Å². The molecule has 4 heteroatoms. The Balaban J connectivity index is 2.07. The lowest BCUT2D eigenvalue weighted by Crippen LogP contribution is -2.55. The molecule has 2 N–H and O–H groups in total. The molecule has 1 saturated carbocycles. The molecule has 0 heterocycles. The second-order valence-electron chi connectivity index (χ2n) is 5.29. The molecule has 1 fully saturated rings. The third-order valence-electron chi connectivity index (χ3n) is 3.89. The minimum absolute atomic E-state index is 0.0425. The van der Waals surface area contributed by atoms with E-state index in [4.69, 9.17) is 4.74 Å². The summed E-state index contributed by atoms with van der Waals surface area (Å²) in [5.74, 6) is 0.0369. The number of carbonyl (C=O) groups is 1. The van der Waals surface area contributed by atoms with Crippen molar-refractivity contribution in [3.63, 3.8) is 0 Å². The van der Waals surface area contributed by atoms with Gasteiger partial charge in [-0.15, -0.1) is 0 Å². The zero-order chi connectivity index (χ0) is 13.9. The van der Waals surface area contributed by atoms with Crippen LogP contribution in [0.15, 0.2) is 24.3 Å². The number of aliphatic carboxylic acids is 1. The fraction of sp³-hybridized carbons (Fsp3) is 0.533. The summed E-state index contributed by atoms with van der Waals surface area (Å²) in [6, 6.07) is 7.87. The number of carboxylic acids is 1. The largest absolute Gasteiger partial charge is 0.490 e. The topological polar surface area (TPSA) is 58.6 Å². The first-order valence-electron chi connectivity index (χ1n) is 6.71. The summed E-state index contributed by atoms with van der Waals surface area (Å²) >= 11 is 0. The smallest absolute Gasteiger partial charge is 0.324 e. The van der Waals surface area contributed by atoms with Crippen molar-refractivity contribution < 1.29 is 14.6 Å². The number of carboxylic acid groups (broad SMARTS) is 1. The molecule has 1 aliphatic rings. The molecule has 1 aromatic rings. The average Bonchev–Trinajstić information content (AvgIpc) is 2.38. The van der Waals surface area contributed by atoms with Crippen LogP contribution in [0.4, 0.5) is 0 Å². The number of hydrogen-bond donors (Lipinski definition) is 2. The molecule has 1 aromatic carbocycles. The number of likely N-dealkylation sites (N-methyl/N-ethyl adjacent to an activating group) is 1. The van der Waals surface area contributed by atoms with Crippen molar-refractivity contribution in [2.24, 2.45) is 0 Å². The molecule has 4 nitrogen and oxygen atoms in total. The monoisotopic (exact) mass is 263 g/mol. The van der Waals surface area contributed by atoms with Crippen LogP contribution in [0.25, 0.3) is 0 Å². The molecule has 104 valence electrons. The van der Waals surface area contributed by atoms with Crippen LogP contribution in [-0.2, 0) is 4.79 Å². The Kier molecular flexibility index (Phi) is 4.10. The zero-order valence-corrected chi connectivity index (χ0v) is 11.5. The standard InChI is InChI=1S/C15H21NO3/c1-11-5-3-6-12(9-11)19-13-7-4-8-15(10-13,16-2)14(17)18/h3,5-6,9,13,16H,4,7-8,10H2,1-2H3,(H,17,18). The molecule has 0 saturated heterocycles. The van der Waals surface area contributed by atoms with E-state index < -0.39 is 11.5 Å². The minimum atomic E-state index is -0.841. The van der Waals surface area contributed by atoms with Gasteiger partial charge in [0.05, 0.1) is 0 Å². The van der Waals surface area contributed by atoms with E-state index in [-0.39, 0.29) is 6.10 Å². The van der Waals surface area contributed by atoms with Crippen LogP contribution in [-0.4, -0.2) is 29.8 Å². The SMILES string of the molecule is CNC1(C(=O)O)CCCC(Oc2cccc(C)c2)C1. The van der Waals surface area contributed by atoms with Gasteiger partial charge in [0.1, 0.15) is 17.4 Å². The second-order valence-corrected chi connectivity index (χ2v) is 5.29. The Labute approximate surface area is 113 Å². The Morgan fingerprint density at radius 3 is 2.95 bits per heavy atom. The van der Waals surface area contributed by atoms with Gasteiger partial charge in [0, 0.05) is 6.42 Å². The first kappa shape index (κ1) is 13.9. The molecule has 19 heavy (non-hydrogen) atoms. The van der Waals surface area contributed by atoms with Gasteiger partial charge in [0.2, 0.25) is 0 Å². The van der Waals surface area contributed by atoms with Gasteiger partial charge in [0.25, 0.3) is 0 Å². The molecule has 1 aliphatic carbocycles. The Bertz CT molecular complexity index is 460. The highest BCUT2D eigenvalue weighted by Gasteiger charge is 2.42. The number of ether oxygens (including phenoxy) is 1. The van der Waals surface area contributed by atoms with Gasteiger partial charge in [-0.05, 0) is 50.9 Å². The lowest BCUT2D eigenvalue weighted by Gasteiger charge is -2.37. The van der Waals surface area contributed by atoms with E-state index in [0.717, 1.165) is 24.2 Å². The summed E-state index contributed by atoms with van der Waals surface area (Å²) in [7, 11) is 1.71. The molecule has 0 spiro atoms. The zero-order valence-electron chi connectivity index (χ0n) is 11.5. The number of hydrogen-bond acceptors (Lipinski definition) is 3. The van der Waals surface area contributed by atoms with Gasteiger partial charge in [-0.25, -0.2) is 0 Å². The summed E-state index contributed by atoms with van der Waals surface area (Å²) in [6.45, 7) is 2.02. The van der Waals surface area contributed by atoms with Crippen molar-refractivity contribution in [1.29, 1.82) is 0 Å². The highest BCUT2D eigenvalue weighted by molar-refractivity contribution is 5.79. The molecular formula is C15H21NO3. The summed E-state index contributed by atoms with van der Waals surface area (Å²) < 4.78 is 5.94. The van der Waals surface area contributed by atoms with Gasteiger partial charge in [-0.1, -0.05) is 12.1 Å². The van der Waals surface area contributed by atoms with E-state index in [0.29, 0.717) is 12.8 Å². The first-order valence-corrected chi connectivity index (χ1v) is 6.71. The summed E-state index contributed by atoms with van der Waals surface area (Å²) in [5.41, 5.74) is 0.304. The van der Waals surface area contributed by atoms with Crippen LogP contribution in [0, 0.1) is 6.92 Å². The molecule has 2 unspecified atom stereocenters. The maximum absolute atomic E-state index is 11.4. The van der Waals surface area contributed by atoms with E-state index in [1.54, 1.807) is 7.05 Å². The van der Waals surface area contributed by atoms with E-state index in [1.807, 2.05) is 31.2 Å². The Hall–Kier alpha value is -1.55. The Morgan fingerprint density at radius 2 is 2.32 bits per heavy atom. The van der Waals surface area contributed by atoms with Crippen LogP contribution in [0.1, 0.15) is 31.2 Å². The van der Waals surface area contributed by atoms with Crippen molar-refractivity contribution in [1.82, 2.24) is 5.32 Å². The highest BCUT2D eigenvalue weighted by atomic mass is 16.5. The lowest BCUT2D eigenvalue weighted by atomic mass is 9.80. The van der Waals surface area contributed by atoms with E-state index >= 15 is 0 Å². The molecule has 0 radical (unpaired) electrons. The second kappa shape index (κ2) is 5.61. The molecule has 0 aliphatic heterocycles. The molecule has 0 bridgehead atoms. The van der Waals surface area contributed by atoms with Crippen molar-refractivity contribution in [2.45, 2.75) is 44.2 Å². The van der Waals surface area contributed by atoms with Gasteiger partial charge >= 0.3 is 5.97 Å². The van der Waals surface area contributed by atoms with Gasteiger partial charge in [-0.2, -0.15) is 0 Å². The fourth-order valence-electron chi connectivity index (χ4n) is 2.73. The van der Waals surface area contributed by atoms with Crippen molar-refractivity contribution in [3.05, 3.63) is 29.8 Å². The lowest BCUT2D eigenvalue weighted by molar-refractivity contribution is -0.147. The predicted octanol–water partition coefficient (Wildman–Crippen LogP) is 2.36. The molecule has 0 amide bonds. The fourth-order valence-corrected chi connectivity index (χ4v) is 2.73. The van der Waals surface area contributed by atoms with Gasteiger partial charge in [0.15, 0.2) is 0 Å². The van der Waals surface area contributed by atoms with E-state index in [1.165, 1.54) is 0 Å². The summed E-state index contributed by atoms with van der Waals surface area (Å²) in [4.78, 5) is 11.4. The predicted molar refractivity (Wildman–Crippen MR) is 73.5 cm³/mol. The molecule has 2 atom stereocenters. The van der Waals surface area contributed by atoms with E-state index in [2.05, 4.69) is 5.32 Å². The van der Waals surface area contributed by atoms with Crippen molar-refractivity contribution in [3.8, 4) is 5.75 Å². The number of aryl methyl sites for hydroxylation is 1. The van der Waals surface area contributed by atoms with Gasteiger partial charge < -0.3 is 15.2 Å². The first-order chi connectivity index (χ1) is 9.05. The highest BCUT2D eigenvalue weighted by Crippen LogP contribution is 2.31. The quantitative estimate of drug-likeness (QED) is 0.875. The average molecular weight is 263 g/mol. The number of benzene rings is 1. The number of rotatable bonds is 4. The number of nitrogens with one attached hydrogen (secondary N) is 1. The van der Waals surface area contributed by atoms with Crippen LogP contribution >= 0.6 is 0 Å². The third kappa shape index (κ3) is 3.07. The van der Waals surface area contributed by atoms with Crippen LogP contribution < -0.4 is 10.1 Å². The van der Waals surface area contributed by atoms with Crippen molar-refractivity contribution in [2.75, 3.05) is 7.05 Å². The van der Waals surface area contributed by atoms with Crippen LogP contribution in [0.3, 0.4) is 0 Å². The summed E-state index contributed by atoms with van der Waals surface area (Å²) in [6.07, 6.45) is 2.90. The Morgan fingerprint density at radius 1 is 1.53 bits per heavy atom. The third-order valence-corrected chi connectivity index (χ3v) is 3.89.